The van der Waals surface area contributed by atoms with Crippen LogP contribution >= 0.6 is 11.3 Å². The van der Waals surface area contributed by atoms with Gasteiger partial charge in [0.05, 0.1) is 23.2 Å². The Labute approximate surface area is 187 Å². The summed E-state index contributed by atoms with van der Waals surface area (Å²) in [7, 11) is 0. The number of nitrogens with zero attached hydrogens (tertiary/aromatic N) is 3. The highest BCUT2D eigenvalue weighted by Crippen LogP contribution is 2.34. The Bertz CT molecular complexity index is 1200. The van der Waals surface area contributed by atoms with Crippen LogP contribution in [0.4, 0.5) is 5.13 Å². The molecule has 1 amide bonds. The van der Waals surface area contributed by atoms with E-state index in [1.54, 1.807) is 17.5 Å². The van der Waals surface area contributed by atoms with Crippen LogP contribution in [-0.4, -0.2) is 15.9 Å². The van der Waals surface area contributed by atoms with E-state index in [0.29, 0.717) is 13.0 Å². The number of benzene rings is 2. The number of carbonyl (C=O) groups excluding carboxylic acids is 1. The van der Waals surface area contributed by atoms with Crippen molar-refractivity contribution in [3.63, 3.8) is 0 Å². The zero-order valence-corrected chi connectivity index (χ0v) is 19.5. The van der Waals surface area contributed by atoms with E-state index in [2.05, 4.69) is 63.9 Å². The molecule has 4 aromatic rings. The molecule has 0 saturated heterocycles. The second-order valence-electron chi connectivity index (χ2n) is 8.27. The lowest BCUT2D eigenvalue weighted by atomic mass is 9.97. The van der Waals surface area contributed by atoms with Crippen molar-refractivity contribution in [1.82, 2.24) is 9.97 Å². The van der Waals surface area contributed by atoms with E-state index in [4.69, 9.17) is 4.98 Å². The quantitative estimate of drug-likeness (QED) is 0.390. The zero-order valence-electron chi connectivity index (χ0n) is 18.7. The number of hydrogen-bond acceptors (Lipinski definition) is 4. The maximum absolute atomic E-state index is 13.6. The number of thiazole rings is 1. The van der Waals surface area contributed by atoms with Gasteiger partial charge in [0.15, 0.2) is 5.13 Å². The zero-order chi connectivity index (χ0) is 22.1. The van der Waals surface area contributed by atoms with Crippen LogP contribution in [0.3, 0.4) is 0 Å². The third-order valence-corrected chi connectivity index (χ3v) is 6.91. The monoisotopic (exact) mass is 429 g/mol. The summed E-state index contributed by atoms with van der Waals surface area (Å²) in [6, 6.07) is 12.4. The topological polar surface area (TPSA) is 46.1 Å². The molecule has 0 radical (unpaired) electrons. The number of pyridine rings is 1. The summed E-state index contributed by atoms with van der Waals surface area (Å²) in [5.74, 6) is 0.0493. The molecule has 158 valence electrons. The Hall–Kier alpha value is -3.05. The van der Waals surface area contributed by atoms with Crippen LogP contribution in [0.2, 0.25) is 0 Å². The van der Waals surface area contributed by atoms with E-state index in [9.17, 15) is 4.79 Å². The van der Waals surface area contributed by atoms with Crippen LogP contribution in [0.25, 0.3) is 10.2 Å². The maximum atomic E-state index is 13.6. The van der Waals surface area contributed by atoms with Gasteiger partial charge in [0, 0.05) is 12.4 Å². The summed E-state index contributed by atoms with van der Waals surface area (Å²) in [5, 5.41) is 0.740. The molecule has 0 aliphatic carbocycles. The third-order valence-electron chi connectivity index (χ3n) is 5.69. The summed E-state index contributed by atoms with van der Waals surface area (Å²) in [5.41, 5.74) is 8.90. The molecule has 0 spiro atoms. The van der Waals surface area contributed by atoms with Crippen molar-refractivity contribution in [3.05, 3.63) is 87.7 Å². The lowest BCUT2D eigenvalue weighted by Gasteiger charge is -2.21. The Balaban J connectivity index is 1.75. The van der Waals surface area contributed by atoms with Gasteiger partial charge in [-0.05, 0) is 74.1 Å². The Morgan fingerprint density at radius 3 is 2.32 bits per heavy atom. The minimum Gasteiger partial charge on any atom is -0.283 e. The highest BCUT2D eigenvalue weighted by atomic mass is 32.1. The lowest BCUT2D eigenvalue weighted by molar-refractivity contribution is -0.118. The smallest absolute Gasteiger partial charge is 0.233 e. The van der Waals surface area contributed by atoms with Gasteiger partial charge in [-0.2, -0.15) is 0 Å². The van der Waals surface area contributed by atoms with Crippen LogP contribution in [-0.2, 0) is 17.8 Å². The van der Waals surface area contributed by atoms with E-state index < -0.39 is 0 Å². The van der Waals surface area contributed by atoms with Crippen molar-refractivity contribution in [2.75, 3.05) is 4.90 Å². The van der Waals surface area contributed by atoms with E-state index in [-0.39, 0.29) is 5.91 Å². The van der Waals surface area contributed by atoms with Gasteiger partial charge in [-0.1, -0.05) is 47.2 Å². The van der Waals surface area contributed by atoms with Gasteiger partial charge in [0.1, 0.15) is 0 Å². The number of aryl methyl sites for hydroxylation is 5. The lowest BCUT2D eigenvalue weighted by Crippen LogP contribution is -2.32. The van der Waals surface area contributed by atoms with Gasteiger partial charge in [-0.3, -0.25) is 14.7 Å². The van der Waals surface area contributed by atoms with Crippen LogP contribution in [0, 0.1) is 34.6 Å². The first-order chi connectivity index (χ1) is 14.8. The predicted octanol–water partition coefficient (Wildman–Crippen LogP) is 6.01. The molecule has 0 bridgehead atoms. The number of hydrogen-bond donors (Lipinski definition) is 0. The van der Waals surface area contributed by atoms with E-state index in [1.807, 2.05) is 23.2 Å². The van der Waals surface area contributed by atoms with Crippen LogP contribution in [0.5, 0.6) is 0 Å². The maximum Gasteiger partial charge on any atom is 0.233 e. The van der Waals surface area contributed by atoms with Crippen molar-refractivity contribution in [1.29, 1.82) is 0 Å². The van der Waals surface area contributed by atoms with Crippen LogP contribution in [0.15, 0.2) is 48.8 Å². The molecule has 31 heavy (non-hydrogen) atoms. The number of fused-ring (bicyclic) bond motifs is 1. The molecule has 0 atom stereocenters. The second kappa shape index (κ2) is 8.60. The normalized spacial score (nSPS) is 11.1. The summed E-state index contributed by atoms with van der Waals surface area (Å²) in [4.78, 5) is 24.6. The van der Waals surface area contributed by atoms with Gasteiger partial charge in [-0.25, -0.2) is 4.98 Å². The number of anilines is 1. The highest BCUT2D eigenvalue weighted by molar-refractivity contribution is 7.22. The minimum atomic E-state index is 0.0493. The van der Waals surface area contributed by atoms with Gasteiger partial charge in [0.25, 0.3) is 0 Å². The van der Waals surface area contributed by atoms with E-state index in [0.717, 1.165) is 43.2 Å². The molecule has 4 nitrogen and oxygen atoms in total. The molecule has 4 rings (SSSR count). The Kier molecular flexibility index (Phi) is 5.88. The summed E-state index contributed by atoms with van der Waals surface area (Å²) < 4.78 is 1.14. The fourth-order valence-corrected chi connectivity index (χ4v) is 5.16. The van der Waals surface area contributed by atoms with Crippen LogP contribution < -0.4 is 4.90 Å². The highest BCUT2D eigenvalue weighted by Gasteiger charge is 2.23. The molecule has 5 heteroatoms. The van der Waals surface area contributed by atoms with E-state index >= 15 is 0 Å². The molecule has 0 fully saturated rings. The average Bonchev–Trinajstić information content (AvgIpc) is 3.19. The summed E-state index contributed by atoms with van der Waals surface area (Å²) >= 11 is 1.59. The van der Waals surface area contributed by atoms with Gasteiger partial charge >= 0.3 is 0 Å². The first-order valence-electron chi connectivity index (χ1n) is 10.5. The van der Waals surface area contributed by atoms with Gasteiger partial charge in [-0.15, -0.1) is 0 Å². The number of aromatic nitrogens is 2. The van der Waals surface area contributed by atoms with Crippen molar-refractivity contribution in [2.45, 2.75) is 47.6 Å². The van der Waals surface area contributed by atoms with Crippen molar-refractivity contribution in [3.8, 4) is 0 Å². The van der Waals surface area contributed by atoms with E-state index in [1.165, 1.54) is 11.1 Å². The summed E-state index contributed by atoms with van der Waals surface area (Å²) in [6.07, 6.45) is 3.91. The van der Waals surface area contributed by atoms with Crippen molar-refractivity contribution in [2.24, 2.45) is 0 Å². The SMILES string of the molecule is Cc1cc(C)c(CC(=O)N(Cc2cccnc2)c2nc3c(C)ccc(C)c3s2)c(C)c1. The number of rotatable bonds is 5. The van der Waals surface area contributed by atoms with Crippen molar-refractivity contribution < 1.29 is 4.79 Å². The molecule has 2 aromatic carbocycles. The molecule has 0 aliphatic rings. The fraction of sp³-hybridized carbons (Fsp3) is 0.269. The predicted molar refractivity (Wildman–Crippen MR) is 129 cm³/mol. The molecule has 0 N–H and O–H groups in total. The molecule has 0 unspecified atom stereocenters. The standard InChI is InChI=1S/C26H27N3OS/c1-16-11-19(4)22(20(5)12-16)13-23(30)29(15-21-7-6-10-27-14-21)26-28-24-17(2)8-9-18(3)25(24)31-26/h6-12,14H,13,15H2,1-5H3. The Morgan fingerprint density at radius 1 is 0.968 bits per heavy atom. The summed E-state index contributed by atoms with van der Waals surface area (Å²) in [6.45, 7) is 10.9. The Morgan fingerprint density at radius 2 is 1.68 bits per heavy atom. The van der Waals surface area contributed by atoms with Crippen molar-refractivity contribution >= 4 is 32.6 Å². The molecule has 0 aliphatic heterocycles. The van der Waals surface area contributed by atoms with Gasteiger partial charge < -0.3 is 0 Å². The van der Waals surface area contributed by atoms with Crippen LogP contribution in [0.1, 0.15) is 38.9 Å². The average molecular weight is 430 g/mol. The number of carbonyl (C=O) groups is 1. The third kappa shape index (κ3) is 4.37. The molecular weight excluding hydrogens is 402 g/mol. The fourth-order valence-electron chi connectivity index (χ4n) is 4.04. The second-order valence-corrected chi connectivity index (χ2v) is 9.25. The van der Waals surface area contributed by atoms with Gasteiger partial charge in [0.2, 0.25) is 5.91 Å². The molecule has 2 aromatic heterocycles. The first kappa shape index (κ1) is 21.2. The molecule has 0 saturated carbocycles. The first-order valence-corrected chi connectivity index (χ1v) is 11.3. The minimum absolute atomic E-state index is 0.0493. The molecular formula is C26H27N3OS. The largest absolute Gasteiger partial charge is 0.283 e. The molecule has 2 heterocycles. The number of amides is 1.